The van der Waals surface area contributed by atoms with Gasteiger partial charge in [-0.2, -0.15) is 0 Å². The molecule has 122 valence electrons. The minimum atomic E-state index is -0.0604. The summed E-state index contributed by atoms with van der Waals surface area (Å²) in [6.45, 7) is 1.21. The molecule has 0 aliphatic carbocycles. The number of benzene rings is 1. The van der Waals surface area contributed by atoms with E-state index in [0.29, 0.717) is 35.3 Å². The Balaban J connectivity index is 1.69. The molecule has 1 saturated heterocycles. The van der Waals surface area contributed by atoms with Crippen LogP contribution in [0.2, 0.25) is 0 Å². The lowest BCUT2D eigenvalue weighted by Gasteiger charge is -2.18. The SMILES string of the molecule is COc1ccc(C(=O)N2CCC(Oc3nccs3)C2)c(OC)c1. The van der Waals surface area contributed by atoms with Crippen molar-refractivity contribution in [3.8, 4) is 16.7 Å². The zero-order valence-corrected chi connectivity index (χ0v) is 13.8. The molecule has 1 aliphatic rings. The van der Waals surface area contributed by atoms with Crippen molar-refractivity contribution in [2.24, 2.45) is 0 Å². The van der Waals surface area contributed by atoms with Crippen LogP contribution in [0.1, 0.15) is 16.8 Å². The lowest BCUT2D eigenvalue weighted by Crippen LogP contribution is -2.31. The first kappa shape index (κ1) is 15.6. The molecule has 1 fully saturated rings. The summed E-state index contributed by atoms with van der Waals surface area (Å²) < 4.78 is 16.3. The van der Waals surface area contributed by atoms with Crippen molar-refractivity contribution in [1.82, 2.24) is 9.88 Å². The number of methoxy groups -OCH3 is 2. The number of ether oxygens (including phenoxy) is 3. The van der Waals surface area contributed by atoms with Crippen LogP contribution < -0.4 is 14.2 Å². The quantitative estimate of drug-likeness (QED) is 0.840. The van der Waals surface area contributed by atoms with E-state index in [0.717, 1.165) is 6.42 Å². The Morgan fingerprint density at radius 1 is 1.35 bits per heavy atom. The largest absolute Gasteiger partial charge is 0.497 e. The molecule has 6 nitrogen and oxygen atoms in total. The van der Waals surface area contributed by atoms with Crippen molar-refractivity contribution in [1.29, 1.82) is 0 Å². The number of carbonyl (C=O) groups is 1. The van der Waals surface area contributed by atoms with Gasteiger partial charge in [-0.25, -0.2) is 4.98 Å². The number of amides is 1. The van der Waals surface area contributed by atoms with Gasteiger partial charge in [0, 0.05) is 30.6 Å². The Bertz CT molecular complexity index is 675. The number of nitrogens with zero attached hydrogens (tertiary/aromatic N) is 2. The summed E-state index contributed by atoms with van der Waals surface area (Å²) in [6, 6.07) is 5.21. The summed E-state index contributed by atoms with van der Waals surface area (Å²) in [6.07, 6.45) is 2.48. The number of hydrogen-bond acceptors (Lipinski definition) is 6. The van der Waals surface area contributed by atoms with Gasteiger partial charge in [-0.3, -0.25) is 4.79 Å². The lowest BCUT2D eigenvalue weighted by atomic mass is 10.1. The van der Waals surface area contributed by atoms with E-state index in [-0.39, 0.29) is 12.0 Å². The predicted octanol–water partition coefficient (Wildman–Crippen LogP) is 2.45. The van der Waals surface area contributed by atoms with Crippen LogP contribution in [0.5, 0.6) is 16.7 Å². The second kappa shape index (κ2) is 6.87. The first-order chi connectivity index (χ1) is 11.2. The molecule has 3 rings (SSSR count). The van der Waals surface area contributed by atoms with Crippen LogP contribution in [-0.2, 0) is 0 Å². The summed E-state index contributed by atoms with van der Waals surface area (Å²) in [5.74, 6) is 1.11. The summed E-state index contributed by atoms with van der Waals surface area (Å²) in [5, 5.41) is 2.52. The normalized spacial score (nSPS) is 17.1. The molecule has 1 aromatic heterocycles. The highest BCUT2D eigenvalue weighted by molar-refractivity contribution is 7.11. The molecule has 0 N–H and O–H groups in total. The Kier molecular flexibility index (Phi) is 4.66. The van der Waals surface area contributed by atoms with E-state index in [1.807, 2.05) is 5.38 Å². The Labute approximate surface area is 138 Å². The van der Waals surface area contributed by atoms with Crippen molar-refractivity contribution in [2.75, 3.05) is 27.3 Å². The van der Waals surface area contributed by atoms with Gasteiger partial charge in [0.25, 0.3) is 11.1 Å². The van der Waals surface area contributed by atoms with Gasteiger partial charge < -0.3 is 19.1 Å². The van der Waals surface area contributed by atoms with E-state index in [9.17, 15) is 4.79 Å². The van der Waals surface area contributed by atoms with Crippen LogP contribution in [0.4, 0.5) is 0 Å². The molecular formula is C16H18N2O4S. The summed E-state index contributed by atoms with van der Waals surface area (Å²) in [4.78, 5) is 18.6. The van der Waals surface area contributed by atoms with Gasteiger partial charge in [-0.1, -0.05) is 11.3 Å². The maximum absolute atomic E-state index is 12.7. The first-order valence-electron chi connectivity index (χ1n) is 7.28. The van der Waals surface area contributed by atoms with Crippen molar-refractivity contribution in [2.45, 2.75) is 12.5 Å². The summed E-state index contributed by atoms with van der Waals surface area (Å²) in [7, 11) is 3.13. The molecule has 1 aliphatic heterocycles. The fourth-order valence-corrected chi connectivity index (χ4v) is 3.12. The summed E-state index contributed by atoms with van der Waals surface area (Å²) >= 11 is 1.46. The highest BCUT2D eigenvalue weighted by Gasteiger charge is 2.30. The molecule has 0 radical (unpaired) electrons. The highest BCUT2D eigenvalue weighted by atomic mass is 32.1. The number of thiazole rings is 1. The molecule has 0 bridgehead atoms. The molecule has 1 atom stereocenters. The van der Waals surface area contributed by atoms with Gasteiger partial charge in [0.15, 0.2) is 0 Å². The minimum absolute atomic E-state index is 0.0191. The first-order valence-corrected chi connectivity index (χ1v) is 8.16. The second-order valence-electron chi connectivity index (χ2n) is 5.14. The van der Waals surface area contributed by atoms with E-state index in [2.05, 4.69) is 4.98 Å². The number of hydrogen-bond donors (Lipinski definition) is 0. The number of carbonyl (C=O) groups excluding carboxylic acids is 1. The molecule has 23 heavy (non-hydrogen) atoms. The predicted molar refractivity (Wildman–Crippen MR) is 86.6 cm³/mol. The summed E-state index contributed by atoms with van der Waals surface area (Å²) in [5.41, 5.74) is 0.531. The van der Waals surface area contributed by atoms with E-state index < -0.39 is 0 Å². The van der Waals surface area contributed by atoms with Gasteiger partial charge in [-0.15, -0.1) is 0 Å². The molecule has 1 unspecified atom stereocenters. The molecule has 1 aromatic carbocycles. The zero-order chi connectivity index (χ0) is 16.2. The van der Waals surface area contributed by atoms with E-state index >= 15 is 0 Å². The van der Waals surface area contributed by atoms with Gasteiger partial charge in [-0.05, 0) is 12.1 Å². The van der Waals surface area contributed by atoms with E-state index in [1.165, 1.54) is 11.3 Å². The number of aromatic nitrogens is 1. The Hall–Kier alpha value is -2.28. The minimum Gasteiger partial charge on any atom is -0.497 e. The van der Waals surface area contributed by atoms with E-state index in [4.69, 9.17) is 14.2 Å². The third-order valence-corrected chi connectivity index (χ3v) is 4.41. The van der Waals surface area contributed by atoms with Gasteiger partial charge in [0.2, 0.25) is 0 Å². The van der Waals surface area contributed by atoms with Gasteiger partial charge in [0.1, 0.15) is 17.6 Å². The fourth-order valence-electron chi connectivity index (χ4n) is 2.57. The fraction of sp³-hybridized carbons (Fsp3) is 0.375. The molecule has 7 heteroatoms. The van der Waals surface area contributed by atoms with Crippen molar-refractivity contribution < 1.29 is 19.0 Å². The Morgan fingerprint density at radius 3 is 2.91 bits per heavy atom. The van der Waals surface area contributed by atoms with Crippen LogP contribution in [0.15, 0.2) is 29.8 Å². The molecule has 0 spiro atoms. The third-order valence-electron chi connectivity index (χ3n) is 3.75. The topological polar surface area (TPSA) is 60.9 Å². The average Bonchev–Trinajstić information content (AvgIpc) is 3.26. The molecule has 2 heterocycles. The number of likely N-dealkylation sites (tertiary alicyclic amines) is 1. The Morgan fingerprint density at radius 2 is 2.22 bits per heavy atom. The van der Waals surface area contributed by atoms with Crippen LogP contribution in [-0.4, -0.2) is 49.2 Å². The van der Waals surface area contributed by atoms with E-state index in [1.54, 1.807) is 43.5 Å². The average molecular weight is 334 g/mol. The van der Waals surface area contributed by atoms with Crippen molar-refractivity contribution >= 4 is 17.2 Å². The highest BCUT2D eigenvalue weighted by Crippen LogP contribution is 2.27. The van der Waals surface area contributed by atoms with Crippen LogP contribution in [0.3, 0.4) is 0 Å². The standard InChI is InChI=1S/C16H18N2O4S/c1-20-11-3-4-13(14(9-11)21-2)15(19)18-7-5-12(10-18)22-16-17-6-8-23-16/h3-4,6,8-9,12H,5,7,10H2,1-2H3. The van der Waals surface area contributed by atoms with Crippen LogP contribution in [0.25, 0.3) is 0 Å². The monoisotopic (exact) mass is 334 g/mol. The second-order valence-corrected chi connectivity index (χ2v) is 6.00. The maximum Gasteiger partial charge on any atom is 0.273 e. The molecule has 0 saturated carbocycles. The van der Waals surface area contributed by atoms with Crippen LogP contribution >= 0.6 is 11.3 Å². The molecule has 1 amide bonds. The third kappa shape index (κ3) is 3.39. The maximum atomic E-state index is 12.7. The van der Waals surface area contributed by atoms with Gasteiger partial charge >= 0.3 is 0 Å². The smallest absolute Gasteiger partial charge is 0.273 e. The zero-order valence-electron chi connectivity index (χ0n) is 13.0. The number of rotatable bonds is 5. The van der Waals surface area contributed by atoms with Gasteiger partial charge in [0.05, 0.1) is 26.3 Å². The molecule has 2 aromatic rings. The van der Waals surface area contributed by atoms with Crippen molar-refractivity contribution in [3.05, 3.63) is 35.3 Å². The van der Waals surface area contributed by atoms with Crippen LogP contribution in [0, 0.1) is 0 Å². The molecular weight excluding hydrogens is 316 g/mol. The van der Waals surface area contributed by atoms with Crippen molar-refractivity contribution in [3.63, 3.8) is 0 Å². The lowest BCUT2D eigenvalue weighted by molar-refractivity contribution is 0.0769.